The highest BCUT2D eigenvalue weighted by Gasteiger charge is 2.13. The summed E-state index contributed by atoms with van der Waals surface area (Å²) < 4.78 is 8.52. The fourth-order valence-electron chi connectivity index (χ4n) is 2.42. The van der Waals surface area contributed by atoms with Gasteiger partial charge in [-0.15, -0.1) is 10.2 Å². The molecule has 0 radical (unpaired) electrons. The lowest BCUT2D eigenvalue weighted by Crippen LogP contribution is -2.11. The second kappa shape index (κ2) is 7.18. The van der Waals surface area contributed by atoms with Crippen molar-refractivity contribution in [2.24, 2.45) is 5.10 Å². The first-order valence-corrected chi connectivity index (χ1v) is 7.89. The van der Waals surface area contributed by atoms with E-state index in [4.69, 9.17) is 9.84 Å². The maximum absolute atomic E-state index is 10.7. The third-order valence-electron chi connectivity index (χ3n) is 3.56. The van der Waals surface area contributed by atoms with E-state index in [0.29, 0.717) is 23.1 Å². The van der Waals surface area contributed by atoms with Gasteiger partial charge < -0.3 is 9.84 Å². The Labute approximate surface area is 149 Å². The number of aliphatic carboxylic acids is 1. The highest BCUT2D eigenvalue weighted by Crippen LogP contribution is 2.17. The summed E-state index contributed by atoms with van der Waals surface area (Å²) in [6.07, 6.45) is 1.57. The van der Waals surface area contributed by atoms with Crippen LogP contribution in [-0.4, -0.2) is 48.6 Å². The van der Waals surface area contributed by atoms with Crippen molar-refractivity contribution in [2.75, 3.05) is 6.61 Å². The minimum absolute atomic E-state index is 0.423. The van der Waals surface area contributed by atoms with Gasteiger partial charge in [-0.2, -0.15) is 14.9 Å². The quantitative estimate of drug-likeness (QED) is 0.676. The summed E-state index contributed by atoms with van der Waals surface area (Å²) in [6, 6.07) is 8.98. The van der Waals surface area contributed by atoms with Crippen LogP contribution in [0.5, 0.6) is 5.75 Å². The summed E-state index contributed by atoms with van der Waals surface area (Å²) in [4.78, 5) is 10.7. The van der Waals surface area contributed by atoms with Crippen molar-refractivity contribution in [2.45, 2.75) is 20.8 Å². The first-order valence-electron chi connectivity index (χ1n) is 7.89. The lowest BCUT2D eigenvalue weighted by atomic mass is 10.2. The number of para-hydroxylation sites is 1. The lowest BCUT2D eigenvalue weighted by molar-refractivity contribution is -0.139. The Morgan fingerprint density at radius 1 is 1.27 bits per heavy atom. The van der Waals surface area contributed by atoms with Gasteiger partial charge in [0.1, 0.15) is 5.75 Å². The molecule has 0 unspecified atom stereocenters. The number of ether oxygens (including phenoxy) is 1. The van der Waals surface area contributed by atoms with Crippen LogP contribution in [0.15, 0.2) is 35.4 Å². The molecule has 0 saturated heterocycles. The fraction of sp³-hybridized carbons (Fsp3) is 0.235. The zero-order chi connectivity index (χ0) is 18.7. The Morgan fingerprint density at radius 2 is 2.04 bits per heavy atom. The third-order valence-corrected chi connectivity index (χ3v) is 3.56. The van der Waals surface area contributed by atoms with Gasteiger partial charge in [-0.05, 0) is 39.0 Å². The van der Waals surface area contributed by atoms with E-state index in [0.717, 1.165) is 11.4 Å². The van der Waals surface area contributed by atoms with E-state index < -0.39 is 12.6 Å². The van der Waals surface area contributed by atoms with Crippen molar-refractivity contribution in [3.05, 3.63) is 53.1 Å². The molecule has 0 spiro atoms. The van der Waals surface area contributed by atoms with E-state index in [9.17, 15) is 4.79 Å². The molecule has 2 heterocycles. The van der Waals surface area contributed by atoms with Gasteiger partial charge in [-0.3, -0.25) is 0 Å². The SMILES string of the molecule is Cc1cc(C)n(-c2nnc(C)n2/N=C\c2ccccc2OCC(=O)O)n1. The molecule has 26 heavy (non-hydrogen) atoms. The summed E-state index contributed by atoms with van der Waals surface area (Å²) in [6.45, 7) is 5.18. The van der Waals surface area contributed by atoms with E-state index in [2.05, 4.69) is 20.4 Å². The van der Waals surface area contributed by atoms with Gasteiger partial charge >= 0.3 is 5.97 Å². The first-order chi connectivity index (χ1) is 12.5. The normalized spacial score (nSPS) is 11.2. The molecule has 1 N–H and O–H groups in total. The van der Waals surface area contributed by atoms with Crippen LogP contribution in [0.4, 0.5) is 0 Å². The molecule has 0 aliphatic rings. The summed E-state index contributed by atoms with van der Waals surface area (Å²) in [5.74, 6) is 0.441. The Hall–Kier alpha value is -3.49. The van der Waals surface area contributed by atoms with Crippen LogP contribution in [-0.2, 0) is 4.79 Å². The molecule has 9 nitrogen and oxygen atoms in total. The monoisotopic (exact) mass is 354 g/mol. The number of carboxylic acids is 1. The summed E-state index contributed by atoms with van der Waals surface area (Å²) in [5.41, 5.74) is 2.42. The second-order valence-electron chi connectivity index (χ2n) is 5.66. The number of hydrogen-bond acceptors (Lipinski definition) is 6. The fourth-order valence-corrected chi connectivity index (χ4v) is 2.42. The molecule has 134 valence electrons. The number of rotatable bonds is 6. The number of aromatic nitrogens is 5. The number of hydrogen-bond donors (Lipinski definition) is 1. The Bertz CT molecular complexity index is 973. The number of aryl methyl sites for hydroxylation is 3. The molecule has 0 amide bonds. The van der Waals surface area contributed by atoms with Crippen molar-refractivity contribution >= 4 is 12.2 Å². The summed E-state index contributed by atoms with van der Waals surface area (Å²) >= 11 is 0. The van der Waals surface area contributed by atoms with Crippen molar-refractivity contribution < 1.29 is 14.6 Å². The number of nitrogens with zero attached hydrogens (tertiary/aromatic N) is 6. The predicted octanol–water partition coefficient (Wildman–Crippen LogP) is 1.73. The maximum atomic E-state index is 10.7. The van der Waals surface area contributed by atoms with Gasteiger partial charge in [-0.1, -0.05) is 12.1 Å². The predicted molar refractivity (Wildman–Crippen MR) is 93.9 cm³/mol. The van der Waals surface area contributed by atoms with E-state index in [1.54, 1.807) is 40.7 Å². The molecule has 0 fully saturated rings. The maximum Gasteiger partial charge on any atom is 0.341 e. The number of benzene rings is 1. The van der Waals surface area contributed by atoms with Gasteiger partial charge in [0.2, 0.25) is 0 Å². The molecular weight excluding hydrogens is 336 g/mol. The Kier molecular flexibility index (Phi) is 4.78. The van der Waals surface area contributed by atoms with E-state index in [1.807, 2.05) is 26.0 Å². The molecule has 2 aromatic heterocycles. The number of carboxylic acid groups (broad SMARTS) is 1. The summed E-state index contributed by atoms with van der Waals surface area (Å²) in [5, 5.41) is 25.8. The van der Waals surface area contributed by atoms with Gasteiger partial charge in [0.05, 0.1) is 11.9 Å². The minimum atomic E-state index is -1.04. The standard InChI is InChI=1S/C17H18N6O3/c1-11-8-12(2)22(21-11)17-20-19-13(3)23(17)18-9-14-6-4-5-7-15(14)26-10-16(24)25/h4-9H,10H2,1-3H3,(H,24,25)/b18-9-. The van der Waals surface area contributed by atoms with Crippen LogP contribution < -0.4 is 4.74 Å². The molecule has 0 aliphatic heterocycles. The highest BCUT2D eigenvalue weighted by molar-refractivity contribution is 5.83. The van der Waals surface area contributed by atoms with Crippen LogP contribution in [0.25, 0.3) is 5.95 Å². The van der Waals surface area contributed by atoms with E-state index in [1.165, 1.54) is 0 Å². The molecule has 3 aromatic rings. The van der Waals surface area contributed by atoms with E-state index in [-0.39, 0.29) is 0 Å². The van der Waals surface area contributed by atoms with Crippen LogP contribution in [0.2, 0.25) is 0 Å². The largest absolute Gasteiger partial charge is 0.481 e. The van der Waals surface area contributed by atoms with Crippen molar-refractivity contribution in [3.8, 4) is 11.7 Å². The van der Waals surface area contributed by atoms with Gasteiger partial charge in [0.25, 0.3) is 5.95 Å². The second-order valence-corrected chi connectivity index (χ2v) is 5.66. The van der Waals surface area contributed by atoms with Gasteiger partial charge in [0, 0.05) is 11.3 Å². The average molecular weight is 354 g/mol. The lowest BCUT2D eigenvalue weighted by Gasteiger charge is -2.07. The van der Waals surface area contributed by atoms with Crippen LogP contribution in [0, 0.1) is 20.8 Å². The van der Waals surface area contributed by atoms with Crippen molar-refractivity contribution in [3.63, 3.8) is 0 Å². The van der Waals surface area contributed by atoms with Gasteiger partial charge in [-0.25, -0.2) is 9.48 Å². The zero-order valence-electron chi connectivity index (χ0n) is 14.6. The van der Waals surface area contributed by atoms with Crippen molar-refractivity contribution in [1.29, 1.82) is 0 Å². The third kappa shape index (κ3) is 3.61. The molecule has 0 saturated carbocycles. The summed E-state index contributed by atoms with van der Waals surface area (Å²) in [7, 11) is 0. The molecule has 0 bridgehead atoms. The highest BCUT2D eigenvalue weighted by atomic mass is 16.5. The first kappa shape index (κ1) is 17.3. The molecule has 1 aromatic carbocycles. The molecular formula is C17H18N6O3. The molecule has 3 rings (SSSR count). The Balaban J connectivity index is 1.94. The average Bonchev–Trinajstić information content (AvgIpc) is 3.13. The minimum Gasteiger partial charge on any atom is -0.481 e. The Morgan fingerprint density at radius 3 is 2.73 bits per heavy atom. The molecule has 9 heteroatoms. The van der Waals surface area contributed by atoms with Gasteiger partial charge in [0.15, 0.2) is 12.4 Å². The topological polar surface area (TPSA) is 107 Å². The van der Waals surface area contributed by atoms with Crippen molar-refractivity contribution in [1.82, 2.24) is 24.7 Å². The number of carbonyl (C=O) groups is 1. The van der Waals surface area contributed by atoms with E-state index >= 15 is 0 Å². The zero-order valence-corrected chi connectivity index (χ0v) is 14.6. The van der Waals surface area contributed by atoms with Crippen LogP contribution in [0.3, 0.4) is 0 Å². The molecule has 0 aliphatic carbocycles. The smallest absolute Gasteiger partial charge is 0.341 e. The van der Waals surface area contributed by atoms with Crippen LogP contribution in [0.1, 0.15) is 22.8 Å². The molecule has 0 atom stereocenters. The van der Waals surface area contributed by atoms with Crippen LogP contribution >= 0.6 is 0 Å².